The Hall–Kier alpha value is -1.99. The summed E-state index contributed by atoms with van der Waals surface area (Å²) in [6.45, 7) is 3.75. The second-order valence-corrected chi connectivity index (χ2v) is 8.76. The van der Waals surface area contributed by atoms with Crippen LogP contribution in [0.4, 0.5) is 5.69 Å². The summed E-state index contributed by atoms with van der Waals surface area (Å²) < 4.78 is 5.30. The van der Waals surface area contributed by atoms with E-state index >= 15 is 0 Å². The Bertz CT molecular complexity index is 978. The van der Waals surface area contributed by atoms with Gasteiger partial charge in [-0.15, -0.1) is 12.4 Å². The molecule has 6 nitrogen and oxygen atoms in total. The van der Waals surface area contributed by atoms with Crippen LogP contribution in [0.3, 0.4) is 0 Å². The van der Waals surface area contributed by atoms with Gasteiger partial charge >= 0.3 is 0 Å². The lowest BCUT2D eigenvalue weighted by atomic mass is 9.91. The third-order valence-electron chi connectivity index (χ3n) is 5.85. The monoisotopic (exact) mass is 496 g/mol. The molecule has 0 aliphatic carbocycles. The molecular weight excluding hydrogens is 471 g/mol. The van der Waals surface area contributed by atoms with Gasteiger partial charge < -0.3 is 4.74 Å². The highest BCUT2D eigenvalue weighted by molar-refractivity contribution is 6.41. The molecule has 2 aliphatic heterocycles. The number of hydrazine groups is 1. The van der Waals surface area contributed by atoms with E-state index in [1.165, 1.54) is 6.42 Å². The van der Waals surface area contributed by atoms with Crippen LogP contribution in [-0.4, -0.2) is 36.8 Å². The van der Waals surface area contributed by atoms with Gasteiger partial charge in [0.25, 0.3) is 5.91 Å². The van der Waals surface area contributed by atoms with Crippen LogP contribution >= 0.6 is 35.6 Å². The number of hydrogen-bond acceptors (Lipinski definition) is 5. The standard InChI is InChI=1S/C23H26Cl2N4O2.ClH/c1-15-21(23(30)27-28-12-4-3-5-13-28)26-29(20-11-8-17(24)14-19(20)25)22(15)16-6-9-18(31-2)10-7-16;/h6-11,14-15,22H,3-5,12-13H2,1-2H3,(H,27,30);1H/t15-,22+;/m1./s1. The van der Waals surface area contributed by atoms with E-state index in [4.69, 9.17) is 33.0 Å². The molecule has 1 N–H and O–H groups in total. The van der Waals surface area contributed by atoms with Crippen molar-refractivity contribution in [2.24, 2.45) is 11.0 Å². The number of methoxy groups -OCH3 is 1. The summed E-state index contributed by atoms with van der Waals surface area (Å²) in [5.74, 6) is 0.458. The van der Waals surface area contributed by atoms with Crippen molar-refractivity contribution in [3.63, 3.8) is 0 Å². The lowest BCUT2D eigenvalue weighted by Gasteiger charge is -2.28. The SMILES string of the molecule is COc1ccc([C@@H]2[C@H](C)C(C(=O)NN3CCCCC3)=NN2c2ccc(Cl)cc2Cl)cc1.Cl. The molecule has 0 radical (unpaired) electrons. The molecule has 1 amide bonds. The second kappa shape index (κ2) is 10.8. The Balaban J connectivity index is 0.00000289. The lowest BCUT2D eigenvalue weighted by Crippen LogP contribution is -2.48. The number of nitrogens with one attached hydrogen (secondary N) is 1. The molecule has 2 aromatic rings. The van der Waals surface area contributed by atoms with Crippen molar-refractivity contribution in [1.29, 1.82) is 0 Å². The number of ether oxygens (including phenoxy) is 1. The summed E-state index contributed by atoms with van der Waals surface area (Å²) in [5.41, 5.74) is 5.25. The van der Waals surface area contributed by atoms with Crippen molar-refractivity contribution in [2.45, 2.75) is 32.2 Å². The fraction of sp³-hybridized carbons (Fsp3) is 0.391. The molecule has 2 aromatic carbocycles. The third-order valence-corrected chi connectivity index (χ3v) is 6.38. The summed E-state index contributed by atoms with van der Waals surface area (Å²) in [4.78, 5) is 13.1. The number of amides is 1. The van der Waals surface area contributed by atoms with Crippen LogP contribution in [0.15, 0.2) is 47.6 Å². The van der Waals surface area contributed by atoms with Gasteiger partial charge in [0.2, 0.25) is 0 Å². The zero-order valence-electron chi connectivity index (χ0n) is 18.1. The first-order valence-electron chi connectivity index (χ1n) is 10.5. The first kappa shape index (κ1) is 24.6. The average Bonchev–Trinajstić information content (AvgIpc) is 3.11. The van der Waals surface area contributed by atoms with Gasteiger partial charge in [0, 0.05) is 24.0 Å². The molecule has 2 atom stereocenters. The number of hydrogen-bond donors (Lipinski definition) is 1. The van der Waals surface area contributed by atoms with E-state index in [9.17, 15) is 4.79 Å². The highest BCUT2D eigenvalue weighted by atomic mass is 35.5. The largest absolute Gasteiger partial charge is 0.497 e. The maximum atomic E-state index is 13.1. The second-order valence-electron chi connectivity index (χ2n) is 7.92. The molecule has 2 aliphatic rings. The molecule has 172 valence electrons. The van der Waals surface area contributed by atoms with Crippen LogP contribution in [0.5, 0.6) is 5.75 Å². The van der Waals surface area contributed by atoms with Crippen LogP contribution in [0.2, 0.25) is 10.0 Å². The zero-order chi connectivity index (χ0) is 22.0. The molecule has 32 heavy (non-hydrogen) atoms. The van der Waals surface area contributed by atoms with Gasteiger partial charge in [-0.2, -0.15) is 5.10 Å². The quantitative estimate of drug-likeness (QED) is 0.593. The summed E-state index contributed by atoms with van der Waals surface area (Å²) in [7, 11) is 1.64. The Morgan fingerprint density at radius 1 is 1.09 bits per heavy atom. The molecule has 1 saturated heterocycles. The zero-order valence-corrected chi connectivity index (χ0v) is 20.4. The van der Waals surface area contributed by atoms with Crippen LogP contribution in [0.1, 0.15) is 37.8 Å². The van der Waals surface area contributed by atoms with Gasteiger partial charge in [0.1, 0.15) is 11.5 Å². The van der Waals surface area contributed by atoms with Gasteiger partial charge in [0.05, 0.1) is 23.9 Å². The van der Waals surface area contributed by atoms with Crippen molar-refractivity contribution in [3.05, 3.63) is 58.1 Å². The van der Waals surface area contributed by atoms with E-state index in [0.717, 1.165) is 37.2 Å². The maximum absolute atomic E-state index is 13.1. The fourth-order valence-corrected chi connectivity index (χ4v) is 4.69. The van der Waals surface area contributed by atoms with Crippen LogP contribution in [-0.2, 0) is 4.79 Å². The molecule has 0 unspecified atom stereocenters. The van der Waals surface area contributed by atoms with Crippen LogP contribution in [0.25, 0.3) is 0 Å². The molecule has 1 fully saturated rings. The highest BCUT2D eigenvalue weighted by Crippen LogP contribution is 2.42. The van der Waals surface area contributed by atoms with E-state index in [1.54, 1.807) is 19.2 Å². The Morgan fingerprint density at radius 2 is 1.78 bits per heavy atom. The first-order chi connectivity index (χ1) is 15.0. The molecule has 0 aromatic heterocycles. The van der Waals surface area contributed by atoms with Crippen molar-refractivity contribution >= 4 is 52.9 Å². The highest BCUT2D eigenvalue weighted by Gasteiger charge is 2.40. The van der Waals surface area contributed by atoms with E-state index < -0.39 is 0 Å². The summed E-state index contributed by atoms with van der Waals surface area (Å²) >= 11 is 12.6. The van der Waals surface area contributed by atoms with Crippen molar-refractivity contribution in [3.8, 4) is 5.75 Å². The summed E-state index contributed by atoms with van der Waals surface area (Å²) in [5, 5.41) is 9.60. The summed E-state index contributed by atoms with van der Waals surface area (Å²) in [6, 6.07) is 12.9. The van der Waals surface area contributed by atoms with Crippen molar-refractivity contribution < 1.29 is 9.53 Å². The number of carbonyl (C=O) groups excluding carboxylic acids is 1. The normalized spacial score (nSPS) is 21.0. The van der Waals surface area contributed by atoms with E-state index in [0.29, 0.717) is 21.4 Å². The van der Waals surface area contributed by atoms with Gasteiger partial charge in [-0.25, -0.2) is 5.01 Å². The number of nitrogens with zero attached hydrogens (tertiary/aromatic N) is 3. The Labute approximate surface area is 204 Å². The van der Waals surface area contributed by atoms with Crippen molar-refractivity contribution in [2.75, 3.05) is 25.2 Å². The maximum Gasteiger partial charge on any atom is 0.282 e. The molecule has 0 saturated carbocycles. The topological polar surface area (TPSA) is 57.2 Å². The Morgan fingerprint density at radius 3 is 2.41 bits per heavy atom. The lowest BCUT2D eigenvalue weighted by molar-refractivity contribution is -0.120. The number of carbonyl (C=O) groups is 1. The number of hydrazone groups is 1. The molecule has 0 spiro atoms. The number of rotatable bonds is 5. The minimum Gasteiger partial charge on any atom is -0.497 e. The molecule has 9 heteroatoms. The van der Waals surface area contributed by atoms with E-state index in [1.807, 2.05) is 47.3 Å². The predicted molar refractivity (Wildman–Crippen MR) is 132 cm³/mol. The van der Waals surface area contributed by atoms with Gasteiger partial charge in [-0.1, -0.05) is 48.7 Å². The molecular formula is C23H27Cl3N4O2. The average molecular weight is 498 g/mol. The van der Waals surface area contributed by atoms with E-state index in [-0.39, 0.29) is 30.3 Å². The number of halogens is 3. The number of benzene rings is 2. The van der Waals surface area contributed by atoms with Gasteiger partial charge in [-0.05, 0) is 48.7 Å². The summed E-state index contributed by atoms with van der Waals surface area (Å²) in [6.07, 6.45) is 3.37. The predicted octanol–water partition coefficient (Wildman–Crippen LogP) is 5.49. The van der Waals surface area contributed by atoms with Gasteiger partial charge in [-0.3, -0.25) is 15.2 Å². The molecule has 0 bridgehead atoms. The third kappa shape index (κ3) is 5.15. The smallest absolute Gasteiger partial charge is 0.282 e. The first-order valence-corrected chi connectivity index (χ1v) is 11.3. The Kier molecular flexibility index (Phi) is 8.28. The minimum absolute atomic E-state index is 0. The van der Waals surface area contributed by atoms with E-state index in [2.05, 4.69) is 5.43 Å². The van der Waals surface area contributed by atoms with Crippen LogP contribution in [0, 0.1) is 5.92 Å². The minimum atomic E-state index is -0.188. The van der Waals surface area contributed by atoms with Crippen molar-refractivity contribution in [1.82, 2.24) is 10.4 Å². The number of piperidine rings is 1. The molecule has 2 heterocycles. The number of anilines is 1. The van der Waals surface area contributed by atoms with Gasteiger partial charge in [0.15, 0.2) is 0 Å². The molecule has 4 rings (SSSR count). The fourth-order valence-electron chi connectivity index (χ4n) is 4.19. The van der Waals surface area contributed by atoms with Crippen LogP contribution < -0.4 is 15.2 Å².